The van der Waals surface area contributed by atoms with Crippen molar-refractivity contribution in [3.05, 3.63) is 30.1 Å². The maximum Gasteiger partial charge on any atom is 0.0300 e. The Hall–Kier alpha value is -0.890. The van der Waals surface area contributed by atoms with Gasteiger partial charge >= 0.3 is 0 Å². The van der Waals surface area contributed by atoms with E-state index in [4.69, 9.17) is 0 Å². The predicted molar refractivity (Wildman–Crippen MR) is 64.9 cm³/mol. The van der Waals surface area contributed by atoms with Crippen LogP contribution in [0.1, 0.15) is 38.7 Å². The molecule has 84 valence electrons. The molecule has 0 saturated carbocycles. The third-order valence-electron chi connectivity index (χ3n) is 2.53. The van der Waals surface area contributed by atoms with E-state index in [9.17, 15) is 0 Å². The zero-order valence-electron chi connectivity index (χ0n) is 9.87. The van der Waals surface area contributed by atoms with E-state index in [0.29, 0.717) is 6.04 Å². The highest BCUT2D eigenvalue weighted by Gasteiger charge is 2.07. The second-order valence-corrected chi connectivity index (χ2v) is 4.01. The Labute approximate surface area is 93.1 Å². The summed E-state index contributed by atoms with van der Waals surface area (Å²) in [6.45, 7) is 5.56. The average molecular weight is 206 g/mol. The van der Waals surface area contributed by atoms with Gasteiger partial charge in [-0.3, -0.25) is 4.98 Å². The second kappa shape index (κ2) is 7.41. The molecular weight excluding hydrogens is 184 g/mol. The van der Waals surface area contributed by atoms with Crippen molar-refractivity contribution in [1.29, 1.82) is 0 Å². The van der Waals surface area contributed by atoms with Gasteiger partial charge in [0, 0.05) is 18.4 Å². The molecule has 15 heavy (non-hydrogen) atoms. The summed E-state index contributed by atoms with van der Waals surface area (Å²) in [5.41, 5.74) is 1.33. The maximum absolute atomic E-state index is 4.15. The third kappa shape index (κ3) is 4.93. The average Bonchev–Trinajstić information content (AvgIpc) is 2.28. The SMILES string of the molecule is CCCNC(CCC)Cc1cccnc1. The van der Waals surface area contributed by atoms with Crippen molar-refractivity contribution in [2.75, 3.05) is 6.54 Å². The first-order valence-corrected chi connectivity index (χ1v) is 5.99. The fourth-order valence-corrected chi connectivity index (χ4v) is 1.78. The van der Waals surface area contributed by atoms with Gasteiger partial charge in [-0.1, -0.05) is 26.3 Å². The van der Waals surface area contributed by atoms with E-state index in [2.05, 4.69) is 30.2 Å². The summed E-state index contributed by atoms with van der Waals surface area (Å²) in [6.07, 6.45) is 8.58. The molecular formula is C13H22N2. The number of rotatable bonds is 7. The summed E-state index contributed by atoms with van der Waals surface area (Å²) >= 11 is 0. The molecule has 0 fully saturated rings. The quantitative estimate of drug-likeness (QED) is 0.742. The Morgan fingerprint density at radius 1 is 1.33 bits per heavy atom. The summed E-state index contributed by atoms with van der Waals surface area (Å²) in [7, 11) is 0. The van der Waals surface area contributed by atoms with Gasteiger partial charge in [-0.25, -0.2) is 0 Å². The Kier molecular flexibility index (Phi) is 6.02. The van der Waals surface area contributed by atoms with E-state index in [1.165, 1.54) is 24.8 Å². The number of aromatic nitrogens is 1. The van der Waals surface area contributed by atoms with Crippen LogP contribution < -0.4 is 5.32 Å². The minimum Gasteiger partial charge on any atom is -0.314 e. The lowest BCUT2D eigenvalue weighted by Gasteiger charge is -2.17. The molecule has 0 aliphatic carbocycles. The molecule has 1 aromatic rings. The Morgan fingerprint density at radius 2 is 2.20 bits per heavy atom. The molecule has 2 nitrogen and oxygen atoms in total. The van der Waals surface area contributed by atoms with Crippen molar-refractivity contribution < 1.29 is 0 Å². The fourth-order valence-electron chi connectivity index (χ4n) is 1.78. The van der Waals surface area contributed by atoms with E-state index in [0.717, 1.165) is 13.0 Å². The lowest BCUT2D eigenvalue weighted by molar-refractivity contribution is 0.472. The summed E-state index contributed by atoms with van der Waals surface area (Å²) in [6, 6.07) is 4.78. The molecule has 0 bridgehead atoms. The second-order valence-electron chi connectivity index (χ2n) is 4.01. The standard InChI is InChI=1S/C13H22N2/c1-3-6-13(15-8-4-2)10-12-7-5-9-14-11-12/h5,7,9,11,13,15H,3-4,6,8,10H2,1-2H3. The minimum atomic E-state index is 0.610. The van der Waals surface area contributed by atoms with Crippen molar-refractivity contribution in [3.63, 3.8) is 0 Å². The lowest BCUT2D eigenvalue weighted by Crippen LogP contribution is -2.31. The summed E-state index contributed by atoms with van der Waals surface area (Å²) in [5, 5.41) is 3.59. The van der Waals surface area contributed by atoms with Crippen LogP contribution in [-0.2, 0) is 6.42 Å². The maximum atomic E-state index is 4.15. The monoisotopic (exact) mass is 206 g/mol. The van der Waals surface area contributed by atoms with Crippen LogP contribution in [0.3, 0.4) is 0 Å². The molecule has 0 spiro atoms. The van der Waals surface area contributed by atoms with Gasteiger partial charge < -0.3 is 5.32 Å². The fraction of sp³-hybridized carbons (Fsp3) is 0.615. The molecule has 1 aromatic heterocycles. The zero-order chi connectivity index (χ0) is 10.9. The highest BCUT2D eigenvalue weighted by molar-refractivity contribution is 5.10. The normalized spacial score (nSPS) is 12.7. The summed E-state index contributed by atoms with van der Waals surface area (Å²) in [5.74, 6) is 0. The lowest BCUT2D eigenvalue weighted by atomic mass is 10.0. The number of pyridine rings is 1. The highest BCUT2D eigenvalue weighted by atomic mass is 14.9. The summed E-state index contributed by atoms with van der Waals surface area (Å²) < 4.78 is 0. The molecule has 2 heteroatoms. The predicted octanol–water partition coefficient (Wildman–Crippen LogP) is 2.79. The molecule has 0 radical (unpaired) electrons. The Morgan fingerprint density at radius 3 is 2.80 bits per heavy atom. The van der Waals surface area contributed by atoms with Gasteiger partial charge in [0.2, 0.25) is 0 Å². The highest BCUT2D eigenvalue weighted by Crippen LogP contribution is 2.06. The van der Waals surface area contributed by atoms with E-state index in [1.807, 2.05) is 18.5 Å². The molecule has 0 saturated heterocycles. The first-order valence-electron chi connectivity index (χ1n) is 5.99. The number of nitrogens with zero attached hydrogens (tertiary/aromatic N) is 1. The van der Waals surface area contributed by atoms with Crippen LogP contribution in [0, 0.1) is 0 Å². The van der Waals surface area contributed by atoms with Crippen LogP contribution >= 0.6 is 0 Å². The molecule has 0 aromatic carbocycles. The molecule has 1 rings (SSSR count). The van der Waals surface area contributed by atoms with Gasteiger partial charge in [-0.05, 0) is 37.4 Å². The molecule has 1 N–H and O–H groups in total. The molecule has 1 heterocycles. The molecule has 0 amide bonds. The van der Waals surface area contributed by atoms with Gasteiger partial charge in [0.15, 0.2) is 0 Å². The molecule has 0 aliphatic heterocycles. The number of hydrogen-bond acceptors (Lipinski definition) is 2. The van der Waals surface area contributed by atoms with Crippen molar-refractivity contribution in [3.8, 4) is 0 Å². The van der Waals surface area contributed by atoms with Crippen LogP contribution in [0.5, 0.6) is 0 Å². The Balaban J connectivity index is 2.43. The van der Waals surface area contributed by atoms with E-state index in [1.54, 1.807) is 0 Å². The van der Waals surface area contributed by atoms with Crippen LogP contribution in [0.4, 0.5) is 0 Å². The van der Waals surface area contributed by atoms with Crippen molar-refractivity contribution in [1.82, 2.24) is 10.3 Å². The molecule has 1 atom stereocenters. The van der Waals surface area contributed by atoms with Gasteiger partial charge in [-0.2, -0.15) is 0 Å². The molecule has 1 unspecified atom stereocenters. The Bertz CT molecular complexity index is 246. The van der Waals surface area contributed by atoms with Crippen molar-refractivity contribution in [2.24, 2.45) is 0 Å². The molecule has 0 aliphatic rings. The van der Waals surface area contributed by atoms with E-state index >= 15 is 0 Å². The topological polar surface area (TPSA) is 24.9 Å². The van der Waals surface area contributed by atoms with E-state index < -0.39 is 0 Å². The third-order valence-corrected chi connectivity index (χ3v) is 2.53. The zero-order valence-corrected chi connectivity index (χ0v) is 9.87. The van der Waals surface area contributed by atoms with Gasteiger partial charge in [-0.15, -0.1) is 0 Å². The first kappa shape index (κ1) is 12.2. The van der Waals surface area contributed by atoms with Crippen molar-refractivity contribution in [2.45, 2.75) is 45.6 Å². The largest absolute Gasteiger partial charge is 0.314 e. The van der Waals surface area contributed by atoms with Gasteiger partial charge in [0.05, 0.1) is 0 Å². The van der Waals surface area contributed by atoms with Crippen molar-refractivity contribution >= 4 is 0 Å². The van der Waals surface area contributed by atoms with E-state index in [-0.39, 0.29) is 0 Å². The van der Waals surface area contributed by atoms with Gasteiger partial charge in [0.1, 0.15) is 0 Å². The minimum absolute atomic E-state index is 0.610. The van der Waals surface area contributed by atoms with Gasteiger partial charge in [0.25, 0.3) is 0 Å². The summed E-state index contributed by atoms with van der Waals surface area (Å²) in [4.78, 5) is 4.15. The van der Waals surface area contributed by atoms with Crippen LogP contribution in [0.15, 0.2) is 24.5 Å². The number of nitrogens with one attached hydrogen (secondary N) is 1. The smallest absolute Gasteiger partial charge is 0.0300 e. The first-order chi connectivity index (χ1) is 7.36. The van der Waals surface area contributed by atoms with Crippen LogP contribution in [0.25, 0.3) is 0 Å². The van der Waals surface area contributed by atoms with Crippen LogP contribution in [-0.4, -0.2) is 17.6 Å². The number of hydrogen-bond donors (Lipinski definition) is 1. The van der Waals surface area contributed by atoms with Crippen LogP contribution in [0.2, 0.25) is 0 Å².